The second-order valence-electron chi connectivity index (χ2n) is 3.31. The van der Waals surface area contributed by atoms with Crippen LogP contribution in [0.3, 0.4) is 0 Å². The molecule has 0 radical (unpaired) electrons. The van der Waals surface area contributed by atoms with Crippen LogP contribution in [0.4, 0.5) is 5.69 Å². The lowest BCUT2D eigenvalue weighted by molar-refractivity contribution is 0.718. The summed E-state index contributed by atoms with van der Waals surface area (Å²) in [6.45, 7) is 5.86. The number of aromatic nitrogens is 2. The van der Waals surface area contributed by atoms with Gasteiger partial charge < -0.3 is 5.32 Å². The highest BCUT2D eigenvalue weighted by Gasteiger charge is 2.01. The maximum absolute atomic E-state index is 4.08. The number of nitrogens with one attached hydrogen (secondary N) is 1. The molecule has 3 heteroatoms. The van der Waals surface area contributed by atoms with Crippen LogP contribution in [0.5, 0.6) is 0 Å². The molecular formula is C10H17N3. The standard InChI is InChI=1S/C10H17N3/c1-4-5-6-9(2)12-10-7-11-13(3)8-10/h4,7-9,12H,1,5-6H2,2-3H3. The summed E-state index contributed by atoms with van der Waals surface area (Å²) in [6, 6.07) is 0.474. The van der Waals surface area contributed by atoms with Crippen LogP contribution in [0.25, 0.3) is 0 Å². The molecule has 72 valence electrons. The van der Waals surface area contributed by atoms with Gasteiger partial charge in [0.2, 0.25) is 0 Å². The van der Waals surface area contributed by atoms with Crippen molar-refractivity contribution in [2.75, 3.05) is 5.32 Å². The highest BCUT2D eigenvalue weighted by atomic mass is 15.3. The predicted molar refractivity (Wildman–Crippen MR) is 55.7 cm³/mol. The Labute approximate surface area is 79.5 Å². The number of aryl methyl sites for hydroxylation is 1. The lowest BCUT2D eigenvalue weighted by Crippen LogP contribution is -2.13. The summed E-state index contributed by atoms with van der Waals surface area (Å²) in [5.41, 5.74) is 1.08. The van der Waals surface area contributed by atoms with E-state index in [0.717, 1.165) is 18.5 Å². The van der Waals surface area contributed by atoms with E-state index in [9.17, 15) is 0 Å². The molecule has 0 saturated heterocycles. The van der Waals surface area contributed by atoms with Crippen molar-refractivity contribution in [1.29, 1.82) is 0 Å². The molecule has 1 aromatic heterocycles. The molecule has 13 heavy (non-hydrogen) atoms. The summed E-state index contributed by atoms with van der Waals surface area (Å²) in [5, 5.41) is 7.45. The number of nitrogens with zero attached hydrogens (tertiary/aromatic N) is 2. The van der Waals surface area contributed by atoms with E-state index in [4.69, 9.17) is 0 Å². The van der Waals surface area contributed by atoms with E-state index in [2.05, 4.69) is 23.9 Å². The molecule has 0 aromatic carbocycles. The van der Waals surface area contributed by atoms with Crippen LogP contribution in [0, 0.1) is 0 Å². The fourth-order valence-corrected chi connectivity index (χ4v) is 1.22. The fourth-order valence-electron chi connectivity index (χ4n) is 1.22. The molecule has 1 unspecified atom stereocenters. The van der Waals surface area contributed by atoms with Gasteiger partial charge in [0, 0.05) is 19.3 Å². The Bertz CT molecular complexity index is 265. The van der Waals surface area contributed by atoms with Gasteiger partial charge in [0.15, 0.2) is 0 Å². The monoisotopic (exact) mass is 179 g/mol. The molecule has 0 bridgehead atoms. The molecule has 0 amide bonds. The molecular weight excluding hydrogens is 162 g/mol. The van der Waals surface area contributed by atoms with Crippen molar-refractivity contribution < 1.29 is 0 Å². The van der Waals surface area contributed by atoms with Crippen LogP contribution in [0.15, 0.2) is 25.0 Å². The van der Waals surface area contributed by atoms with Gasteiger partial charge in [-0.15, -0.1) is 6.58 Å². The Balaban J connectivity index is 2.35. The fraction of sp³-hybridized carbons (Fsp3) is 0.500. The molecule has 0 saturated carbocycles. The van der Waals surface area contributed by atoms with Crippen LogP contribution in [0.1, 0.15) is 19.8 Å². The van der Waals surface area contributed by atoms with Gasteiger partial charge in [-0.05, 0) is 19.8 Å². The first kappa shape index (κ1) is 9.84. The molecule has 0 aliphatic heterocycles. The largest absolute Gasteiger partial charge is 0.380 e. The molecule has 1 aromatic rings. The molecule has 3 nitrogen and oxygen atoms in total. The summed E-state index contributed by atoms with van der Waals surface area (Å²) in [7, 11) is 1.92. The summed E-state index contributed by atoms with van der Waals surface area (Å²) < 4.78 is 1.79. The maximum Gasteiger partial charge on any atom is 0.0728 e. The minimum Gasteiger partial charge on any atom is -0.380 e. The SMILES string of the molecule is C=CCCC(C)Nc1cnn(C)c1. The molecule has 1 N–H and O–H groups in total. The van der Waals surface area contributed by atoms with Crippen LogP contribution in [-0.2, 0) is 7.05 Å². The van der Waals surface area contributed by atoms with Gasteiger partial charge in [-0.25, -0.2) is 0 Å². The predicted octanol–water partition coefficient (Wildman–Crippen LogP) is 2.19. The van der Waals surface area contributed by atoms with E-state index in [1.807, 2.05) is 25.5 Å². The van der Waals surface area contributed by atoms with E-state index in [1.165, 1.54) is 0 Å². The molecule has 0 spiro atoms. The second kappa shape index (κ2) is 4.70. The van der Waals surface area contributed by atoms with E-state index in [0.29, 0.717) is 6.04 Å². The first-order valence-corrected chi connectivity index (χ1v) is 4.58. The molecule has 1 rings (SSSR count). The van der Waals surface area contributed by atoms with Crippen LogP contribution in [0.2, 0.25) is 0 Å². The number of allylic oxidation sites excluding steroid dienone is 1. The molecule has 1 heterocycles. The van der Waals surface area contributed by atoms with Gasteiger partial charge in [-0.1, -0.05) is 6.08 Å². The number of hydrogen-bond donors (Lipinski definition) is 1. The van der Waals surface area contributed by atoms with Crippen molar-refractivity contribution in [2.45, 2.75) is 25.8 Å². The van der Waals surface area contributed by atoms with Crippen molar-refractivity contribution in [3.05, 3.63) is 25.0 Å². The number of rotatable bonds is 5. The minimum absolute atomic E-state index is 0.474. The van der Waals surface area contributed by atoms with Crippen LogP contribution >= 0.6 is 0 Å². The Morgan fingerprint density at radius 1 is 1.77 bits per heavy atom. The molecule has 0 aliphatic carbocycles. The van der Waals surface area contributed by atoms with Crippen molar-refractivity contribution in [2.24, 2.45) is 7.05 Å². The van der Waals surface area contributed by atoms with Gasteiger partial charge >= 0.3 is 0 Å². The highest BCUT2D eigenvalue weighted by molar-refractivity contribution is 5.38. The highest BCUT2D eigenvalue weighted by Crippen LogP contribution is 2.08. The summed E-state index contributed by atoms with van der Waals surface area (Å²) >= 11 is 0. The average molecular weight is 179 g/mol. The first-order valence-electron chi connectivity index (χ1n) is 4.58. The van der Waals surface area contributed by atoms with Crippen molar-refractivity contribution in [3.8, 4) is 0 Å². The normalized spacial score (nSPS) is 12.5. The first-order chi connectivity index (χ1) is 6.22. The molecule has 0 aliphatic rings. The summed E-state index contributed by atoms with van der Waals surface area (Å²) in [6.07, 6.45) is 7.92. The Kier molecular flexibility index (Phi) is 3.55. The van der Waals surface area contributed by atoms with E-state index >= 15 is 0 Å². The zero-order valence-corrected chi connectivity index (χ0v) is 8.33. The second-order valence-corrected chi connectivity index (χ2v) is 3.31. The zero-order valence-electron chi connectivity index (χ0n) is 8.33. The Hall–Kier alpha value is -1.25. The van der Waals surface area contributed by atoms with E-state index < -0.39 is 0 Å². The van der Waals surface area contributed by atoms with Crippen molar-refractivity contribution in [3.63, 3.8) is 0 Å². The third-order valence-corrected chi connectivity index (χ3v) is 1.92. The number of hydrogen-bond acceptors (Lipinski definition) is 2. The van der Waals surface area contributed by atoms with Crippen molar-refractivity contribution in [1.82, 2.24) is 9.78 Å². The van der Waals surface area contributed by atoms with Crippen LogP contribution < -0.4 is 5.32 Å². The van der Waals surface area contributed by atoms with E-state index in [-0.39, 0.29) is 0 Å². The van der Waals surface area contributed by atoms with Crippen LogP contribution in [-0.4, -0.2) is 15.8 Å². The smallest absolute Gasteiger partial charge is 0.0728 e. The molecule has 0 fully saturated rings. The average Bonchev–Trinajstić information content (AvgIpc) is 2.48. The maximum atomic E-state index is 4.08. The lowest BCUT2D eigenvalue weighted by Gasteiger charge is -2.11. The third kappa shape index (κ3) is 3.32. The van der Waals surface area contributed by atoms with E-state index in [1.54, 1.807) is 4.68 Å². The van der Waals surface area contributed by atoms with Gasteiger partial charge in [-0.3, -0.25) is 4.68 Å². The van der Waals surface area contributed by atoms with Gasteiger partial charge in [0.05, 0.1) is 11.9 Å². The lowest BCUT2D eigenvalue weighted by atomic mass is 10.2. The third-order valence-electron chi connectivity index (χ3n) is 1.92. The quantitative estimate of drug-likeness (QED) is 0.702. The van der Waals surface area contributed by atoms with Crippen molar-refractivity contribution >= 4 is 5.69 Å². The number of anilines is 1. The van der Waals surface area contributed by atoms with Gasteiger partial charge in [-0.2, -0.15) is 5.10 Å². The Morgan fingerprint density at radius 3 is 3.08 bits per heavy atom. The summed E-state index contributed by atoms with van der Waals surface area (Å²) in [4.78, 5) is 0. The topological polar surface area (TPSA) is 29.9 Å². The molecule has 1 atom stereocenters. The Morgan fingerprint density at radius 2 is 2.54 bits per heavy atom. The van der Waals surface area contributed by atoms with Gasteiger partial charge in [0.25, 0.3) is 0 Å². The summed E-state index contributed by atoms with van der Waals surface area (Å²) in [5.74, 6) is 0. The minimum atomic E-state index is 0.474. The zero-order chi connectivity index (χ0) is 9.68. The van der Waals surface area contributed by atoms with Gasteiger partial charge in [0.1, 0.15) is 0 Å².